The van der Waals surface area contributed by atoms with E-state index in [9.17, 15) is 0 Å². The van der Waals surface area contributed by atoms with E-state index >= 15 is 0 Å². The molecular formula is C14H16Cl2. The van der Waals surface area contributed by atoms with Crippen LogP contribution >= 0.6 is 23.2 Å². The van der Waals surface area contributed by atoms with E-state index < -0.39 is 0 Å². The number of alkyl halides is 2. The fraction of sp³-hybridized carbons (Fsp3) is 0.429. The molecule has 0 N–H and O–H groups in total. The van der Waals surface area contributed by atoms with Crippen molar-refractivity contribution in [3.8, 4) is 0 Å². The zero-order chi connectivity index (χ0) is 11.8. The van der Waals surface area contributed by atoms with Crippen molar-refractivity contribution in [1.29, 1.82) is 0 Å². The number of allylic oxidation sites excluding steroid dienone is 1. The summed E-state index contributed by atoms with van der Waals surface area (Å²) in [4.78, 5) is 0. The predicted molar refractivity (Wildman–Crippen MR) is 72.4 cm³/mol. The topological polar surface area (TPSA) is 0 Å². The second-order valence-corrected chi connectivity index (χ2v) is 5.23. The number of hydrogen-bond donors (Lipinski definition) is 0. The number of hydrogen-bond acceptors (Lipinski definition) is 0. The van der Waals surface area contributed by atoms with Crippen LogP contribution in [0.2, 0.25) is 0 Å². The summed E-state index contributed by atoms with van der Waals surface area (Å²) in [5.74, 6) is 1.58. The molecule has 0 aliphatic heterocycles. The lowest BCUT2D eigenvalue weighted by molar-refractivity contribution is 0.567. The molecule has 0 aromatic heterocycles. The molecule has 0 saturated carbocycles. The molecule has 0 heterocycles. The fourth-order valence-corrected chi connectivity index (χ4v) is 3.46. The van der Waals surface area contributed by atoms with Gasteiger partial charge in [-0.2, -0.15) is 0 Å². The van der Waals surface area contributed by atoms with Crippen LogP contribution in [0, 0.1) is 5.92 Å². The quantitative estimate of drug-likeness (QED) is 0.700. The molecule has 16 heavy (non-hydrogen) atoms. The lowest BCUT2D eigenvalue weighted by atomic mass is 9.76. The molecule has 0 saturated heterocycles. The van der Waals surface area contributed by atoms with Crippen LogP contribution in [-0.2, 0) is 5.41 Å². The Morgan fingerprint density at radius 2 is 1.75 bits per heavy atom. The second kappa shape index (κ2) is 4.43. The van der Waals surface area contributed by atoms with Gasteiger partial charge in [0, 0.05) is 17.2 Å². The van der Waals surface area contributed by atoms with Crippen molar-refractivity contribution in [3.63, 3.8) is 0 Å². The SMILES string of the molecule is CC(C)C1=Cc2ccccc2C1(CCl)CCl. The third-order valence-corrected chi connectivity index (χ3v) is 4.33. The van der Waals surface area contributed by atoms with Crippen molar-refractivity contribution in [2.45, 2.75) is 19.3 Å². The Morgan fingerprint density at radius 1 is 1.12 bits per heavy atom. The van der Waals surface area contributed by atoms with E-state index in [1.54, 1.807) is 0 Å². The maximum Gasteiger partial charge on any atom is 0.0444 e. The van der Waals surface area contributed by atoms with Crippen LogP contribution in [0.5, 0.6) is 0 Å². The van der Waals surface area contributed by atoms with Crippen molar-refractivity contribution in [2.24, 2.45) is 5.92 Å². The smallest absolute Gasteiger partial charge is 0.0444 e. The predicted octanol–water partition coefficient (Wildman–Crippen LogP) is 4.46. The van der Waals surface area contributed by atoms with Crippen molar-refractivity contribution in [1.82, 2.24) is 0 Å². The first-order valence-electron chi connectivity index (χ1n) is 5.59. The van der Waals surface area contributed by atoms with E-state index in [2.05, 4.69) is 44.2 Å². The molecule has 0 fully saturated rings. The molecule has 0 unspecified atom stereocenters. The Hall–Kier alpha value is -0.460. The van der Waals surface area contributed by atoms with Crippen molar-refractivity contribution >= 4 is 29.3 Å². The summed E-state index contributed by atoms with van der Waals surface area (Å²) in [5, 5.41) is 0. The Kier molecular flexibility index (Phi) is 3.32. The maximum absolute atomic E-state index is 6.21. The molecule has 1 aromatic carbocycles. The van der Waals surface area contributed by atoms with Gasteiger partial charge in [-0.3, -0.25) is 0 Å². The summed E-state index contributed by atoms with van der Waals surface area (Å²) in [6.07, 6.45) is 2.25. The van der Waals surface area contributed by atoms with Crippen LogP contribution in [-0.4, -0.2) is 11.8 Å². The van der Waals surface area contributed by atoms with Crippen LogP contribution in [0.3, 0.4) is 0 Å². The molecule has 1 aromatic rings. The Labute approximate surface area is 107 Å². The molecule has 0 radical (unpaired) electrons. The van der Waals surface area contributed by atoms with Crippen LogP contribution in [0.4, 0.5) is 0 Å². The standard InChI is InChI=1S/C14H16Cl2/c1-10(2)13-7-11-5-3-4-6-12(11)14(13,8-15)9-16/h3-7,10H,8-9H2,1-2H3. The fourth-order valence-electron chi connectivity index (χ4n) is 2.57. The van der Waals surface area contributed by atoms with E-state index in [0.29, 0.717) is 17.7 Å². The van der Waals surface area contributed by atoms with Gasteiger partial charge in [-0.25, -0.2) is 0 Å². The summed E-state index contributed by atoms with van der Waals surface area (Å²) in [7, 11) is 0. The number of rotatable bonds is 3. The minimum absolute atomic E-state index is 0.159. The number of fused-ring (bicyclic) bond motifs is 1. The minimum Gasteiger partial charge on any atom is -0.125 e. The number of benzene rings is 1. The lowest BCUT2D eigenvalue weighted by Crippen LogP contribution is -2.32. The first-order valence-corrected chi connectivity index (χ1v) is 6.66. The van der Waals surface area contributed by atoms with Gasteiger partial charge in [0.1, 0.15) is 0 Å². The largest absolute Gasteiger partial charge is 0.125 e. The Balaban J connectivity index is 2.60. The number of halogens is 2. The van der Waals surface area contributed by atoms with Crippen molar-refractivity contribution in [2.75, 3.05) is 11.8 Å². The second-order valence-electron chi connectivity index (χ2n) is 4.69. The van der Waals surface area contributed by atoms with E-state index in [4.69, 9.17) is 23.2 Å². The van der Waals surface area contributed by atoms with Crippen LogP contribution in [0.25, 0.3) is 6.08 Å². The molecule has 2 heteroatoms. The average Bonchev–Trinajstić information content (AvgIpc) is 2.64. The summed E-state index contributed by atoms with van der Waals surface area (Å²) < 4.78 is 0. The Morgan fingerprint density at radius 3 is 2.31 bits per heavy atom. The molecule has 0 nitrogen and oxygen atoms in total. The van der Waals surface area contributed by atoms with Crippen LogP contribution in [0.1, 0.15) is 25.0 Å². The molecule has 0 spiro atoms. The van der Waals surface area contributed by atoms with Gasteiger partial charge in [-0.05, 0) is 17.0 Å². The zero-order valence-electron chi connectivity index (χ0n) is 9.63. The molecule has 2 rings (SSSR count). The van der Waals surface area contributed by atoms with Gasteiger partial charge in [0.2, 0.25) is 0 Å². The Bertz CT molecular complexity index is 414. The highest BCUT2D eigenvalue weighted by Gasteiger charge is 2.41. The highest BCUT2D eigenvalue weighted by atomic mass is 35.5. The van der Waals surface area contributed by atoms with Gasteiger partial charge in [-0.1, -0.05) is 49.8 Å². The van der Waals surface area contributed by atoms with Gasteiger partial charge >= 0.3 is 0 Å². The van der Waals surface area contributed by atoms with E-state index in [0.717, 1.165) is 0 Å². The molecule has 0 bridgehead atoms. The maximum atomic E-state index is 6.21. The summed E-state index contributed by atoms with van der Waals surface area (Å²) >= 11 is 12.4. The third-order valence-electron chi connectivity index (χ3n) is 3.42. The van der Waals surface area contributed by atoms with Gasteiger partial charge in [0.25, 0.3) is 0 Å². The van der Waals surface area contributed by atoms with Crippen molar-refractivity contribution in [3.05, 3.63) is 41.0 Å². The van der Waals surface area contributed by atoms with E-state index in [1.807, 2.05) is 0 Å². The molecule has 0 atom stereocenters. The summed E-state index contributed by atoms with van der Waals surface area (Å²) in [5.41, 5.74) is 3.75. The lowest BCUT2D eigenvalue weighted by Gasteiger charge is -2.31. The highest BCUT2D eigenvalue weighted by molar-refractivity contribution is 6.23. The molecular weight excluding hydrogens is 239 g/mol. The van der Waals surface area contributed by atoms with Gasteiger partial charge in [0.05, 0.1) is 0 Å². The minimum atomic E-state index is -0.159. The molecule has 0 amide bonds. The van der Waals surface area contributed by atoms with Gasteiger partial charge in [-0.15, -0.1) is 23.2 Å². The first-order chi connectivity index (χ1) is 7.65. The summed E-state index contributed by atoms with van der Waals surface area (Å²) in [6.45, 7) is 4.40. The van der Waals surface area contributed by atoms with Gasteiger partial charge < -0.3 is 0 Å². The average molecular weight is 255 g/mol. The molecule has 86 valence electrons. The van der Waals surface area contributed by atoms with Gasteiger partial charge in [0.15, 0.2) is 0 Å². The van der Waals surface area contributed by atoms with Crippen LogP contribution in [0.15, 0.2) is 29.8 Å². The van der Waals surface area contributed by atoms with Crippen LogP contribution < -0.4 is 0 Å². The summed E-state index contributed by atoms with van der Waals surface area (Å²) in [6, 6.07) is 8.40. The van der Waals surface area contributed by atoms with Crippen molar-refractivity contribution < 1.29 is 0 Å². The zero-order valence-corrected chi connectivity index (χ0v) is 11.1. The first kappa shape index (κ1) is 12.0. The normalized spacial score (nSPS) is 17.4. The monoisotopic (exact) mass is 254 g/mol. The van der Waals surface area contributed by atoms with E-state index in [1.165, 1.54) is 16.7 Å². The molecule has 1 aliphatic rings. The molecule has 1 aliphatic carbocycles. The highest BCUT2D eigenvalue weighted by Crippen LogP contribution is 2.46. The van der Waals surface area contributed by atoms with E-state index in [-0.39, 0.29) is 5.41 Å². The third kappa shape index (κ3) is 1.59.